The van der Waals surface area contributed by atoms with Crippen molar-refractivity contribution in [2.45, 2.75) is 33.9 Å². The summed E-state index contributed by atoms with van der Waals surface area (Å²) in [5, 5.41) is 5.30. The lowest BCUT2D eigenvalue weighted by Crippen LogP contribution is -2.06. The van der Waals surface area contributed by atoms with Crippen LogP contribution in [0.4, 0.5) is 0 Å². The summed E-state index contributed by atoms with van der Waals surface area (Å²) in [5.74, 6) is -0.447. The van der Waals surface area contributed by atoms with Crippen LogP contribution in [-0.2, 0) is 22.7 Å². The van der Waals surface area contributed by atoms with Crippen LogP contribution in [0.15, 0.2) is 54.6 Å². The van der Waals surface area contributed by atoms with E-state index in [1.807, 2.05) is 74.0 Å². The second-order valence-electron chi connectivity index (χ2n) is 7.52. The van der Waals surface area contributed by atoms with Crippen LogP contribution in [-0.4, -0.2) is 25.7 Å². The van der Waals surface area contributed by atoms with Crippen LogP contribution in [0.25, 0.3) is 17.1 Å². The summed E-state index contributed by atoms with van der Waals surface area (Å²) in [6.45, 7) is 6.37. The van der Waals surface area contributed by atoms with E-state index in [-0.39, 0.29) is 6.61 Å². The molecule has 32 heavy (non-hydrogen) atoms. The predicted octanol–water partition coefficient (Wildman–Crippen LogP) is 5.21. The van der Waals surface area contributed by atoms with Crippen LogP contribution in [0.3, 0.4) is 0 Å². The van der Waals surface area contributed by atoms with Gasteiger partial charge in [-0.05, 0) is 50.6 Å². The van der Waals surface area contributed by atoms with Crippen molar-refractivity contribution in [3.63, 3.8) is 0 Å². The van der Waals surface area contributed by atoms with Crippen molar-refractivity contribution in [2.24, 2.45) is 0 Å². The third kappa shape index (κ3) is 4.70. The molecule has 0 N–H and O–H groups in total. The molecule has 0 spiro atoms. The van der Waals surface area contributed by atoms with Gasteiger partial charge in [0.05, 0.1) is 34.7 Å². The van der Waals surface area contributed by atoms with Gasteiger partial charge in [0.15, 0.2) is 0 Å². The second kappa shape index (κ2) is 9.32. The highest BCUT2D eigenvalue weighted by atomic mass is 35.5. The van der Waals surface area contributed by atoms with E-state index in [0.717, 1.165) is 39.2 Å². The van der Waals surface area contributed by atoms with Crippen molar-refractivity contribution in [2.75, 3.05) is 0 Å². The molecule has 0 fully saturated rings. The van der Waals surface area contributed by atoms with Gasteiger partial charge in [0.2, 0.25) is 0 Å². The average molecular weight is 447 g/mol. The molecule has 4 rings (SSSR count). The third-order valence-corrected chi connectivity index (χ3v) is 5.66. The van der Waals surface area contributed by atoms with Gasteiger partial charge in [-0.1, -0.05) is 41.9 Å². The number of hydrogen-bond acceptors (Lipinski definition) is 5. The van der Waals surface area contributed by atoms with Crippen molar-refractivity contribution in [1.29, 1.82) is 0 Å². The molecule has 2 aromatic heterocycles. The molecule has 162 valence electrons. The highest BCUT2D eigenvalue weighted by Gasteiger charge is 2.12. The summed E-state index contributed by atoms with van der Waals surface area (Å²) >= 11 is 6.28. The number of esters is 1. The Bertz CT molecular complexity index is 1330. The Morgan fingerprint density at radius 3 is 2.44 bits per heavy atom. The topological polar surface area (TPSA) is 69.9 Å². The first-order valence-corrected chi connectivity index (χ1v) is 10.6. The van der Waals surface area contributed by atoms with Gasteiger partial charge in [-0.15, -0.1) is 0 Å². The molecular formula is C25H23ClN4O2. The molecule has 6 nitrogen and oxygen atoms in total. The summed E-state index contributed by atoms with van der Waals surface area (Å²) in [6.07, 6.45) is 3.16. The van der Waals surface area contributed by atoms with Crippen molar-refractivity contribution >= 4 is 34.7 Å². The van der Waals surface area contributed by atoms with Crippen LogP contribution in [0, 0.1) is 20.8 Å². The number of aromatic nitrogens is 4. The van der Waals surface area contributed by atoms with Crippen molar-refractivity contribution in [1.82, 2.24) is 19.7 Å². The van der Waals surface area contributed by atoms with Crippen molar-refractivity contribution in [3.8, 4) is 0 Å². The number of carbonyl (C=O) groups is 1. The van der Waals surface area contributed by atoms with Gasteiger partial charge >= 0.3 is 5.97 Å². The minimum Gasteiger partial charge on any atom is -0.456 e. The number of hydrogen-bond donors (Lipinski definition) is 0. The standard InChI is InChI=1S/C25H23ClN4O2/c1-16-20(18(3)30(29-16)14-19-8-4-5-9-21(19)26)12-13-25(31)32-15-24-17(2)27-22-10-6-7-11-23(22)28-24/h4-13H,14-15H2,1-3H3/b13-12+. The Labute approximate surface area is 191 Å². The van der Waals surface area contributed by atoms with Crippen LogP contribution in [0.1, 0.15) is 33.9 Å². The first-order valence-electron chi connectivity index (χ1n) is 10.3. The molecule has 0 saturated carbocycles. The fourth-order valence-corrected chi connectivity index (χ4v) is 3.69. The van der Waals surface area contributed by atoms with Crippen LogP contribution in [0.5, 0.6) is 0 Å². The number of benzene rings is 2. The minimum absolute atomic E-state index is 0.0660. The number of rotatable bonds is 6. The van der Waals surface area contributed by atoms with Gasteiger partial charge in [0.25, 0.3) is 0 Å². The molecule has 0 atom stereocenters. The first kappa shape index (κ1) is 21.7. The summed E-state index contributed by atoms with van der Waals surface area (Å²) in [6, 6.07) is 15.3. The SMILES string of the molecule is Cc1nc2ccccc2nc1COC(=O)/C=C/c1c(C)nn(Cc2ccccc2Cl)c1C. The van der Waals surface area contributed by atoms with Crippen LogP contribution in [0.2, 0.25) is 5.02 Å². The average Bonchev–Trinajstić information content (AvgIpc) is 3.04. The molecule has 0 bridgehead atoms. The number of halogens is 1. The monoisotopic (exact) mass is 446 g/mol. The van der Waals surface area contributed by atoms with E-state index < -0.39 is 5.97 Å². The normalized spacial score (nSPS) is 11.4. The van der Waals surface area contributed by atoms with Gasteiger partial charge in [0.1, 0.15) is 6.61 Å². The Morgan fingerprint density at radius 2 is 1.69 bits per heavy atom. The number of aryl methyl sites for hydroxylation is 2. The molecule has 0 aliphatic carbocycles. The number of nitrogens with zero attached hydrogens (tertiary/aromatic N) is 4. The number of fused-ring (bicyclic) bond motifs is 1. The number of para-hydroxylation sites is 2. The third-order valence-electron chi connectivity index (χ3n) is 5.30. The van der Waals surface area contributed by atoms with E-state index in [9.17, 15) is 4.79 Å². The molecule has 0 unspecified atom stereocenters. The summed E-state index contributed by atoms with van der Waals surface area (Å²) in [7, 11) is 0. The highest BCUT2D eigenvalue weighted by molar-refractivity contribution is 6.31. The van der Waals surface area contributed by atoms with Gasteiger partial charge in [0, 0.05) is 22.4 Å². The lowest BCUT2D eigenvalue weighted by Gasteiger charge is -2.07. The van der Waals surface area contributed by atoms with Gasteiger partial charge in [-0.25, -0.2) is 14.8 Å². The molecule has 0 radical (unpaired) electrons. The molecule has 2 heterocycles. The summed E-state index contributed by atoms with van der Waals surface area (Å²) < 4.78 is 7.29. The second-order valence-corrected chi connectivity index (χ2v) is 7.93. The molecule has 0 saturated heterocycles. The van der Waals surface area contributed by atoms with E-state index in [1.165, 1.54) is 6.08 Å². The first-order chi connectivity index (χ1) is 15.4. The van der Waals surface area contributed by atoms with E-state index in [0.29, 0.717) is 17.3 Å². The van der Waals surface area contributed by atoms with E-state index in [2.05, 4.69) is 15.1 Å². The van der Waals surface area contributed by atoms with Crippen molar-refractivity contribution in [3.05, 3.63) is 93.5 Å². The lowest BCUT2D eigenvalue weighted by atomic mass is 10.1. The Morgan fingerprint density at radius 1 is 1.00 bits per heavy atom. The minimum atomic E-state index is -0.447. The summed E-state index contributed by atoms with van der Waals surface area (Å²) in [5.41, 5.74) is 6.63. The fraction of sp³-hybridized carbons (Fsp3) is 0.200. The van der Waals surface area contributed by atoms with E-state index in [4.69, 9.17) is 16.3 Å². The fourth-order valence-electron chi connectivity index (χ4n) is 3.49. The maximum Gasteiger partial charge on any atom is 0.331 e. The Hall–Kier alpha value is -3.51. The smallest absolute Gasteiger partial charge is 0.331 e. The lowest BCUT2D eigenvalue weighted by molar-refractivity contribution is -0.139. The summed E-state index contributed by atoms with van der Waals surface area (Å²) in [4.78, 5) is 21.4. The van der Waals surface area contributed by atoms with Crippen LogP contribution < -0.4 is 0 Å². The molecule has 0 aliphatic heterocycles. The zero-order valence-corrected chi connectivity index (χ0v) is 18.9. The quantitative estimate of drug-likeness (QED) is 0.300. The molecule has 0 aliphatic rings. The number of carbonyl (C=O) groups excluding carboxylic acids is 1. The molecule has 7 heteroatoms. The predicted molar refractivity (Wildman–Crippen MR) is 125 cm³/mol. The molecule has 2 aromatic carbocycles. The van der Waals surface area contributed by atoms with Gasteiger partial charge in [-0.2, -0.15) is 5.10 Å². The van der Waals surface area contributed by atoms with E-state index in [1.54, 1.807) is 6.08 Å². The molecular weight excluding hydrogens is 424 g/mol. The maximum absolute atomic E-state index is 12.3. The van der Waals surface area contributed by atoms with E-state index >= 15 is 0 Å². The highest BCUT2D eigenvalue weighted by Crippen LogP contribution is 2.20. The largest absolute Gasteiger partial charge is 0.456 e. The van der Waals surface area contributed by atoms with Crippen molar-refractivity contribution < 1.29 is 9.53 Å². The Kier molecular flexibility index (Phi) is 6.32. The Balaban J connectivity index is 1.44. The molecule has 4 aromatic rings. The zero-order chi connectivity index (χ0) is 22.7. The molecule has 0 amide bonds. The zero-order valence-electron chi connectivity index (χ0n) is 18.2. The van der Waals surface area contributed by atoms with Gasteiger partial charge < -0.3 is 4.74 Å². The number of ether oxygens (including phenoxy) is 1. The van der Waals surface area contributed by atoms with Gasteiger partial charge in [-0.3, -0.25) is 4.68 Å². The van der Waals surface area contributed by atoms with Crippen LogP contribution >= 0.6 is 11.6 Å². The maximum atomic E-state index is 12.3.